The zero-order valence-corrected chi connectivity index (χ0v) is 19.7. The van der Waals surface area contributed by atoms with E-state index in [1.54, 1.807) is 17.7 Å². The highest BCUT2D eigenvalue weighted by Crippen LogP contribution is 2.29. The van der Waals surface area contributed by atoms with Crippen LogP contribution in [0.5, 0.6) is 0 Å². The molecule has 3 aliphatic heterocycles. The number of aromatic nitrogens is 5. The van der Waals surface area contributed by atoms with Gasteiger partial charge in [0.2, 0.25) is 5.95 Å². The summed E-state index contributed by atoms with van der Waals surface area (Å²) < 4.78 is 8.54. The molecule has 3 aliphatic rings. The van der Waals surface area contributed by atoms with Crippen molar-refractivity contribution in [2.75, 3.05) is 31.1 Å². The van der Waals surface area contributed by atoms with E-state index in [2.05, 4.69) is 24.8 Å². The van der Waals surface area contributed by atoms with Crippen molar-refractivity contribution < 1.29 is 4.74 Å². The molecule has 0 radical (unpaired) electrons. The maximum absolute atomic E-state index is 12.9. The molecule has 11 heteroatoms. The third kappa shape index (κ3) is 3.70. The van der Waals surface area contributed by atoms with Gasteiger partial charge in [0.15, 0.2) is 5.65 Å². The lowest BCUT2D eigenvalue weighted by molar-refractivity contribution is 0.0272. The van der Waals surface area contributed by atoms with Gasteiger partial charge in [-0.2, -0.15) is 0 Å². The summed E-state index contributed by atoms with van der Waals surface area (Å²) >= 11 is 6.09. The van der Waals surface area contributed by atoms with E-state index < -0.39 is 11.1 Å². The molecule has 0 saturated carbocycles. The van der Waals surface area contributed by atoms with E-state index in [9.17, 15) is 9.59 Å². The topological polar surface area (TPSA) is 98.4 Å². The monoisotopic (exact) mass is 483 g/mol. The first-order valence-electron chi connectivity index (χ1n) is 11.7. The Hall–Kier alpha value is -2.82. The van der Waals surface area contributed by atoms with Crippen molar-refractivity contribution in [1.29, 1.82) is 0 Å². The van der Waals surface area contributed by atoms with Gasteiger partial charge >= 0.3 is 11.1 Å². The number of pyridine rings is 1. The summed E-state index contributed by atoms with van der Waals surface area (Å²) in [5.41, 5.74) is 1.02. The number of ether oxygens (including phenoxy) is 1. The third-order valence-electron chi connectivity index (χ3n) is 7.31. The number of aryl methyl sites for hydroxylation is 1. The molecule has 0 unspecified atom stereocenters. The number of halogens is 1. The molecular formula is C23H26ClN7O3. The van der Waals surface area contributed by atoms with Crippen molar-refractivity contribution in [3.63, 3.8) is 0 Å². The Bertz CT molecular complexity index is 1350. The molecule has 3 aromatic rings. The standard InChI is InChI=1S/C23H26ClN7O3/c1-28-19-6-15(24)10-25-20(19)31(22(33)21(28)32)16-2-4-29(5-3-16)23-26-8-14(9-27-23)11-30-12-18-7-17(30)13-34-18/h6,8-10,16-18H,2-5,7,11-13H2,1H3/t17-,18-/m0/s1. The number of likely N-dealkylation sites (tertiary alicyclic amines) is 1. The van der Waals surface area contributed by atoms with Crippen molar-refractivity contribution in [3.8, 4) is 0 Å². The number of anilines is 1. The maximum Gasteiger partial charge on any atom is 0.318 e. The van der Waals surface area contributed by atoms with E-state index in [0.29, 0.717) is 60.2 Å². The van der Waals surface area contributed by atoms with E-state index in [-0.39, 0.29) is 6.04 Å². The average Bonchev–Trinajstić information content (AvgIpc) is 3.48. The van der Waals surface area contributed by atoms with E-state index in [0.717, 1.165) is 31.7 Å². The second-order valence-corrected chi connectivity index (χ2v) is 9.86. The minimum absolute atomic E-state index is 0.124. The lowest BCUT2D eigenvalue weighted by atomic mass is 10.0. The maximum atomic E-state index is 12.9. The van der Waals surface area contributed by atoms with Crippen molar-refractivity contribution >= 4 is 28.7 Å². The molecule has 3 fully saturated rings. The Labute approximate surface area is 200 Å². The smallest absolute Gasteiger partial charge is 0.318 e. The van der Waals surface area contributed by atoms with Crippen molar-refractivity contribution in [2.24, 2.45) is 7.05 Å². The number of hydrogen-bond acceptors (Lipinski definition) is 8. The van der Waals surface area contributed by atoms with Crippen molar-refractivity contribution in [1.82, 2.24) is 29.0 Å². The van der Waals surface area contributed by atoms with Gasteiger partial charge in [0, 0.05) is 69.5 Å². The molecule has 3 aromatic heterocycles. The lowest BCUT2D eigenvalue weighted by Gasteiger charge is -2.33. The van der Waals surface area contributed by atoms with Crippen LogP contribution in [0.2, 0.25) is 5.02 Å². The van der Waals surface area contributed by atoms with Gasteiger partial charge in [-0.25, -0.2) is 15.0 Å². The molecule has 0 aliphatic carbocycles. The summed E-state index contributed by atoms with van der Waals surface area (Å²) in [6, 6.07) is 2.07. The van der Waals surface area contributed by atoms with Crippen LogP contribution in [0.25, 0.3) is 11.2 Å². The van der Waals surface area contributed by atoms with Crippen LogP contribution >= 0.6 is 11.6 Å². The highest BCUT2D eigenvalue weighted by molar-refractivity contribution is 6.31. The van der Waals surface area contributed by atoms with Crippen LogP contribution in [-0.4, -0.2) is 67.4 Å². The zero-order chi connectivity index (χ0) is 23.4. The predicted octanol–water partition coefficient (Wildman–Crippen LogP) is 1.35. The molecule has 0 spiro atoms. The molecule has 2 bridgehead atoms. The zero-order valence-electron chi connectivity index (χ0n) is 18.9. The molecule has 0 amide bonds. The van der Waals surface area contributed by atoms with Crippen LogP contribution < -0.4 is 16.0 Å². The van der Waals surface area contributed by atoms with E-state index in [1.807, 2.05) is 12.4 Å². The van der Waals surface area contributed by atoms with Gasteiger partial charge in [0.1, 0.15) is 0 Å². The molecular weight excluding hydrogens is 458 g/mol. The summed E-state index contributed by atoms with van der Waals surface area (Å²) in [6.45, 7) is 4.04. The van der Waals surface area contributed by atoms with Crippen LogP contribution in [0.15, 0.2) is 34.2 Å². The van der Waals surface area contributed by atoms with Crippen molar-refractivity contribution in [3.05, 3.63) is 56.0 Å². The summed E-state index contributed by atoms with van der Waals surface area (Å²) in [4.78, 5) is 43.6. The molecule has 10 nitrogen and oxygen atoms in total. The molecule has 0 N–H and O–H groups in total. The fourth-order valence-electron chi connectivity index (χ4n) is 5.47. The highest BCUT2D eigenvalue weighted by Gasteiger charge is 2.38. The largest absolute Gasteiger partial charge is 0.375 e. The third-order valence-corrected chi connectivity index (χ3v) is 7.52. The van der Waals surface area contributed by atoms with Gasteiger partial charge in [-0.1, -0.05) is 11.6 Å². The minimum atomic E-state index is -0.573. The van der Waals surface area contributed by atoms with Gasteiger partial charge in [0.05, 0.1) is 23.3 Å². The number of nitrogens with zero attached hydrogens (tertiary/aromatic N) is 7. The average molecular weight is 484 g/mol. The van der Waals surface area contributed by atoms with Gasteiger partial charge in [-0.05, 0) is 25.3 Å². The van der Waals surface area contributed by atoms with Gasteiger partial charge < -0.3 is 14.2 Å². The molecule has 3 saturated heterocycles. The van der Waals surface area contributed by atoms with Crippen LogP contribution in [0.4, 0.5) is 5.95 Å². The van der Waals surface area contributed by atoms with Gasteiger partial charge in [0.25, 0.3) is 0 Å². The Morgan fingerprint density at radius 3 is 2.50 bits per heavy atom. The van der Waals surface area contributed by atoms with Gasteiger partial charge in [-0.15, -0.1) is 0 Å². The van der Waals surface area contributed by atoms with Crippen LogP contribution in [0, 0.1) is 0 Å². The number of fused-ring (bicyclic) bond motifs is 3. The highest BCUT2D eigenvalue weighted by atomic mass is 35.5. The Morgan fingerprint density at radius 2 is 1.82 bits per heavy atom. The fourth-order valence-corrected chi connectivity index (χ4v) is 5.62. The second-order valence-electron chi connectivity index (χ2n) is 9.42. The van der Waals surface area contributed by atoms with Gasteiger partial charge in [-0.3, -0.25) is 19.1 Å². The Kier molecular flexibility index (Phi) is 5.39. The summed E-state index contributed by atoms with van der Waals surface area (Å²) in [6.07, 6.45) is 8.22. The van der Waals surface area contributed by atoms with Crippen LogP contribution in [0.3, 0.4) is 0 Å². The molecule has 6 rings (SSSR count). The predicted molar refractivity (Wildman–Crippen MR) is 127 cm³/mol. The van der Waals surface area contributed by atoms with Crippen molar-refractivity contribution in [2.45, 2.75) is 44.0 Å². The summed E-state index contributed by atoms with van der Waals surface area (Å²) in [5, 5.41) is 0.425. The number of hydrogen-bond donors (Lipinski definition) is 0. The number of piperidine rings is 1. The minimum Gasteiger partial charge on any atom is -0.375 e. The summed E-state index contributed by atoms with van der Waals surface area (Å²) in [5.74, 6) is 0.694. The molecule has 34 heavy (non-hydrogen) atoms. The molecule has 0 aromatic carbocycles. The second kappa shape index (κ2) is 8.44. The quantitative estimate of drug-likeness (QED) is 0.513. The molecule has 2 atom stereocenters. The lowest BCUT2D eigenvalue weighted by Crippen LogP contribution is -2.45. The first-order chi connectivity index (χ1) is 16.5. The Balaban J connectivity index is 1.17. The first kappa shape index (κ1) is 21.7. The Morgan fingerprint density at radius 1 is 1.06 bits per heavy atom. The first-order valence-corrected chi connectivity index (χ1v) is 12.0. The van der Waals surface area contributed by atoms with E-state index in [4.69, 9.17) is 16.3 Å². The molecule has 6 heterocycles. The normalized spacial score (nSPS) is 23.3. The van der Waals surface area contributed by atoms with Crippen LogP contribution in [-0.2, 0) is 18.3 Å². The number of rotatable bonds is 4. The van der Waals surface area contributed by atoms with E-state index >= 15 is 0 Å². The van der Waals surface area contributed by atoms with Crippen LogP contribution in [0.1, 0.15) is 30.9 Å². The molecule has 178 valence electrons. The fraction of sp³-hybridized carbons (Fsp3) is 0.522. The van der Waals surface area contributed by atoms with E-state index in [1.165, 1.54) is 10.8 Å². The summed E-state index contributed by atoms with van der Waals surface area (Å²) in [7, 11) is 1.57. The number of morpholine rings is 1. The SMILES string of the molecule is Cn1c(=O)c(=O)n(C2CCN(c3ncc(CN4C[C@@H]5C[C@H]4CO5)cn3)CC2)c2ncc(Cl)cc21.